The quantitative estimate of drug-likeness (QED) is 0.0414. The molecular formula is C36H66O4Sn2. The first-order valence-electron chi connectivity index (χ1n) is 17.2. The molecule has 42 heavy (non-hydrogen) atoms. The Morgan fingerprint density at radius 2 is 0.619 bits per heavy atom. The third kappa shape index (κ3) is 52.6. The van der Waals surface area contributed by atoms with Gasteiger partial charge in [-0.15, -0.1) is 0 Å². The fourth-order valence-electron chi connectivity index (χ4n) is 4.68. The van der Waals surface area contributed by atoms with Crippen LogP contribution in [0.4, 0.5) is 0 Å². The predicted molar refractivity (Wildman–Crippen MR) is 180 cm³/mol. The van der Waals surface area contributed by atoms with Gasteiger partial charge in [0.25, 0.3) is 0 Å². The molecule has 0 bridgehead atoms. The molecule has 242 valence electrons. The van der Waals surface area contributed by atoms with Crippen molar-refractivity contribution in [3.05, 3.63) is 24.3 Å². The van der Waals surface area contributed by atoms with Crippen LogP contribution in [0.3, 0.4) is 0 Å². The number of carboxylic acid groups (broad SMARTS) is 2. The molecule has 0 unspecified atom stereocenters. The molecule has 0 aliphatic rings. The average Bonchev–Trinajstić information content (AvgIpc) is 2.93. The summed E-state index contributed by atoms with van der Waals surface area (Å²) in [5.74, 6) is -1.83. The summed E-state index contributed by atoms with van der Waals surface area (Å²) < 4.78 is 0. The van der Waals surface area contributed by atoms with Gasteiger partial charge < -0.3 is 19.8 Å². The number of allylic oxidation sites excluding steroid dienone is 4. The zero-order valence-electron chi connectivity index (χ0n) is 27.7. The molecule has 0 aromatic heterocycles. The predicted octanol–water partition coefficient (Wildman–Crippen LogP) is 8.79. The van der Waals surface area contributed by atoms with Crippen LogP contribution >= 0.6 is 0 Å². The average molecular weight is 800 g/mol. The molecule has 6 heteroatoms. The number of carbonyl (C=O) groups excluding carboxylic acids is 2. The van der Waals surface area contributed by atoms with Crippen LogP contribution < -0.4 is 10.2 Å². The van der Waals surface area contributed by atoms with Crippen LogP contribution in [0.1, 0.15) is 194 Å². The molecule has 0 saturated carbocycles. The maximum absolute atomic E-state index is 10.2. The zero-order valence-corrected chi connectivity index (χ0v) is 33.4. The second kappa shape index (κ2) is 45.4. The van der Waals surface area contributed by atoms with Crippen molar-refractivity contribution < 1.29 is 19.8 Å². The van der Waals surface area contributed by atoms with Crippen molar-refractivity contribution in [1.82, 2.24) is 0 Å². The first kappa shape index (κ1) is 48.9. The fraction of sp³-hybridized carbons (Fsp3) is 0.833. The molecule has 0 atom stereocenters. The number of hydrogen-bond acceptors (Lipinski definition) is 4. The maximum atomic E-state index is 10.2. The van der Waals surface area contributed by atoms with Gasteiger partial charge >= 0.3 is 23.9 Å². The van der Waals surface area contributed by atoms with E-state index in [1.165, 1.54) is 128 Å². The van der Waals surface area contributed by atoms with E-state index in [1.54, 1.807) is 0 Å². The van der Waals surface area contributed by atoms with Crippen molar-refractivity contribution in [3.63, 3.8) is 0 Å². The molecule has 0 amide bonds. The van der Waals surface area contributed by atoms with Crippen LogP contribution in [0, 0.1) is 0 Å². The summed E-state index contributed by atoms with van der Waals surface area (Å²) in [7, 11) is 0. The van der Waals surface area contributed by atoms with E-state index in [0.717, 1.165) is 38.5 Å². The molecule has 0 rings (SSSR count). The summed E-state index contributed by atoms with van der Waals surface area (Å²) in [6.07, 6.45) is 41.8. The number of carbonyl (C=O) groups is 2. The molecule has 6 radical (unpaired) electrons. The van der Waals surface area contributed by atoms with Gasteiger partial charge in [0.15, 0.2) is 0 Å². The van der Waals surface area contributed by atoms with Crippen LogP contribution in [0.15, 0.2) is 24.3 Å². The van der Waals surface area contributed by atoms with Crippen molar-refractivity contribution in [2.75, 3.05) is 0 Å². The van der Waals surface area contributed by atoms with Gasteiger partial charge in [-0.05, 0) is 77.0 Å². The SMILES string of the molecule is CCCCCCCC/C=C\CCCCCCCC(=O)[O-].CCCCCCCC/C=C\CCCCCCCC(=O)[O-].[Sn+2].[Sn]. The van der Waals surface area contributed by atoms with E-state index in [4.69, 9.17) is 0 Å². The number of carboxylic acids is 2. The number of hydrogen-bond donors (Lipinski definition) is 0. The Balaban J connectivity index is -0.000000328. The fourth-order valence-corrected chi connectivity index (χ4v) is 4.68. The molecule has 0 aliphatic heterocycles. The van der Waals surface area contributed by atoms with E-state index in [2.05, 4.69) is 38.2 Å². The summed E-state index contributed by atoms with van der Waals surface area (Å²) >= 11 is 0. The molecule has 0 N–H and O–H groups in total. The molecule has 0 aromatic carbocycles. The van der Waals surface area contributed by atoms with Crippen LogP contribution in [-0.2, 0) is 9.59 Å². The summed E-state index contributed by atoms with van der Waals surface area (Å²) in [5, 5.41) is 20.4. The zero-order chi connectivity index (χ0) is 29.8. The number of unbranched alkanes of at least 4 members (excludes halogenated alkanes) is 22. The van der Waals surface area contributed by atoms with Crippen molar-refractivity contribution in [3.8, 4) is 0 Å². The maximum Gasteiger partial charge on any atom is 2.00 e. The topological polar surface area (TPSA) is 80.3 Å². The molecule has 0 fully saturated rings. The van der Waals surface area contributed by atoms with Crippen LogP contribution in [0.2, 0.25) is 0 Å². The van der Waals surface area contributed by atoms with E-state index in [1.807, 2.05) is 0 Å². The van der Waals surface area contributed by atoms with Crippen molar-refractivity contribution in [1.29, 1.82) is 0 Å². The summed E-state index contributed by atoms with van der Waals surface area (Å²) in [4.78, 5) is 20.4. The first-order valence-corrected chi connectivity index (χ1v) is 17.2. The minimum absolute atomic E-state index is 0. The molecule has 0 saturated heterocycles. The van der Waals surface area contributed by atoms with Gasteiger partial charge in [-0.25, -0.2) is 0 Å². The monoisotopic (exact) mass is 802 g/mol. The third-order valence-corrected chi connectivity index (χ3v) is 7.29. The van der Waals surface area contributed by atoms with Crippen molar-refractivity contribution >= 4 is 59.8 Å². The van der Waals surface area contributed by atoms with Crippen LogP contribution in [0.25, 0.3) is 0 Å². The Hall–Kier alpha value is 0.0174. The third-order valence-electron chi connectivity index (χ3n) is 7.29. The molecule has 0 aliphatic carbocycles. The van der Waals surface area contributed by atoms with Crippen molar-refractivity contribution in [2.24, 2.45) is 0 Å². The number of rotatable bonds is 30. The standard InChI is InChI=1S/2C18H34O2.2Sn/c2*1-2-3-4-5-6-7-8-9-10-11-12-13-14-15-16-17-18(19)20;;/h2*9-10H,2-8,11-17H2,1H3,(H,19,20);;/q;;;+2/p-2/b2*10-9-;;. The van der Waals surface area contributed by atoms with E-state index in [-0.39, 0.29) is 60.7 Å². The van der Waals surface area contributed by atoms with E-state index >= 15 is 0 Å². The largest absolute Gasteiger partial charge is 2.00 e. The van der Waals surface area contributed by atoms with E-state index in [0.29, 0.717) is 0 Å². The van der Waals surface area contributed by atoms with Gasteiger partial charge in [-0.2, -0.15) is 0 Å². The van der Waals surface area contributed by atoms with Gasteiger partial charge in [0.1, 0.15) is 0 Å². The van der Waals surface area contributed by atoms with Gasteiger partial charge in [0.05, 0.1) is 0 Å². The smallest absolute Gasteiger partial charge is 0.550 e. The minimum atomic E-state index is -0.914. The van der Waals surface area contributed by atoms with E-state index in [9.17, 15) is 19.8 Å². The van der Waals surface area contributed by atoms with Gasteiger partial charge in [-0.1, -0.05) is 141 Å². The summed E-state index contributed by atoms with van der Waals surface area (Å²) in [5.41, 5.74) is 0. The minimum Gasteiger partial charge on any atom is -0.550 e. The van der Waals surface area contributed by atoms with Gasteiger partial charge in [-0.3, -0.25) is 0 Å². The Morgan fingerprint density at radius 1 is 0.405 bits per heavy atom. The molecule has 0 spiro atoms. The second-order valence-corrected chi connectivity index (χ2v) is 11.4. The summed E-state index contributed by atoms with van der Waals surface area (Å²) in [6.45, 7) is 4.51. The molecular weight excluding hydrogens is 734 g/mol. The molecule has 0 aromatic rings. The van der Waals surface area contributed by atoms with Gasteiger partial charge in [0.2, 0.25) is 0 Å². The molecule has 0 heterocycles. The van der Waals surface area contributed by atoms with E-state index < -0.39 is 11.9 Å². The summed E-state index contributed by atoms with van der Waals surface area (Å²) in [6, 6.07) is 0. The van der Waals surface area contributed by atoms with Crippen molar-refractivity contribution in [2.45, 2.75) is 194 Å². The Bertz CT molecular complexity index is 529. The Labute approximate surface area is 295 Å². The molecule has 4 nitrogen and oxygen atoms in total. The van der Waals surface area contributed by atoms with Crippen LogP contribution in [0.5, 0.6) is 0 Å². The number of aliphatic carboxylic acids is 2. The van der Waals surface area contributed by atoms with Crippen LogP contribution in [-0.4, -0.2) is 59.8 Å². The Kier molecular flexibility index (Phi) is 52.9. The normalized spacial score (nSPS) is 10.7. The second-order valence-electron chi connectivity index (χ2n) is 11.4. The Morgan fingerprint density at radius 3 is 0.857 bits per heavy atom. The first-order chi connectivity index (χ1) is 19.5. The van der Waals surface area contributed by atoms with Gasteiger partial charge in [0, 0.05) is 35.8 Å².